The number of aromatic nitrogens is 2. The first-order valence-corrected chi connectivity index (χ1v) is 4.63. The minimum absolute atomic E-state index is 0.311. The van der Waals surface area contributed by atoms with Gasteiger partial charge in [-0.2, -0.15) is 5.10 Å². The van der Waals surface area contributed by atoms with Gasteiger partial charge in [-0.15, -0.1) is 0 Å². The van der Waals surface area contributed by atoms with E-state index in [1.54, 1.807) is 30.1 Å². The van der Waals surface area contributed by atoms with Gasteiger partial charge >= 0.3 is 5.97 Å². The highest BCUT2D eigenvalue weighted by Crippen LogP contribution is 1.99. The summed E-state index contributed by atoms with van der Waals surface area (Å²) >= 11 is 0. The largest absolute Gasteiger partial charge is 0.480 e. The Kier molecular flexibility index (Phi) is 3.82. The molecule has 0 aromatic carbocycles. The average Bonchev–Trinajstić information content (AvgIpc) is 2.59. The van der Waals surface area contributed by atoms with Crippen molar-refractivity contribution in [3.63, 3.8) is 0 Å². The summed E-state index contributed by atoms with van der Waals surface area (Å²) in [6.07, 6.45) is 4.53. The second-order valence-electron chi connectivity index (χ2n) is 3.30. The first-order valence-electron chi connectivity index (χ1n) is 4.63. The van der Waals surface area contributed by atoms with Crippen LogP contribution in [-0.2, 0) is 16.6 Å². The van der Waals surface area contributed by atoms with Gasteiger partial charge in [0.05, 0.1) is 5.69 Å². The molecule has 0 radical (unpaired) electrons. The number of aryl methyl sites for hydroxylation is 1. The maximum atomic E-state index is 11.4. The van der Waals surface area contributed by atoms with Crippen molar-refractivity contribution in [3.05, 3.63) is 24.0 Å². The summed E-state index contributed by atoms with van der Waals surface area (Å²) in [4.78, 5) is 22.9. The number of rotatable bonds is 4. The Balaban J connectivity index is 2.61. The highest BCUT2D eigenvalue weighted by Gasteiger charge is 2.08. The van der Waals surface area contributed by atoms with Gasteiger partial charge in [-0.3, -0.25) is 14.3 Å². The maximum absolute atomic E-state index is 11.4. The van der Waals surface area contributed by atoms with E-state index < -0.39 is 5.97 Å². The van der Waals surface area contributed by atoms with E-state index >= 15 is 0 Å². The first kappa shape index (κ1) is 12.0. The van der Waals surface area contributed by atoms with Crippen molar-refractivity contribution in [2.45, 2.75) is 0 Å². The fraction of sp³-hybridized carbons (Fsp3) is 0.300. The Bertz CT molecular complexity index is 423. The Morgan fingerprint density at radius 2 is 2.31 bits per heavy atom. The molecule has 0 atom stereocenters. The number of carbonyl (C=O) groups excluding carboxylic acids is 1. The number of carboxylic acid groups (broad SMARTS) is 1. The summed E-state index contributed by atoms with van der Waals surface area (Å²) in [5, 5.41) is 12.4. The lowest BCUT2D eigenvalue weighted by Crippen LogP contribution is -2.30. The molecule has 1 aromatic heterocycles. The Morgan fingerprint density at radius 1 is 1.62 bits per heavy atom. The van der Waals surface area contributed by atoms with Crippen LogP contribution in [0, 0.1) is 0 Å². The van der Waals surface area contributed by atoms with Gasteiger partial charge in [0.1, 0.15) is 6.54 Å². The van der Waals surface area contributed by atoms with Crippen molar-refractivity contribution < 1.29 is 14.7 Å². The topological polar surface area (TPSA) is 75.4 Å². The SMILES string of the molecule is CN(CC(=O)O)C(=O)/C=C/c1ccnn1C. The molecule has 0 aliphatic heterocycles. The van der Waals surface area contributed by atoms with Crippen LogP contribution in [-0.4, -0.2) is 45.3 Å². The van der Waals surface area contributed by atoms with Crippen molar-refractivity contribution in [1.29, 1.82) is 0 Å². The van der Waals surface area contributed by atoms with Gasteiger partial charge in [-0.1, -0.05) is 0 Å². The molecule has 16 heavy (non-hydrogen) atoms. The van der Waals surface area contributed by atoms with Crippen molar-refractivity contribution in [2.75, 3.05) is 13.6 Å². The van der Waals surface area contributed by atoms with E-state index in [1.165, 1.54) is 13.1 Å². The molecule has 0 spiro atoms. The fourth-order valence-electron chi connectivity index (χ4n) is 1.11. The van der Waals surface area contributed by atoms with Crippen molar-refractivity contribution in [3.8, 4) is 0 Å². The minimum atomic E-state index is -1.04. The van der Waals surface area contributed by atoms with E-state index in [9.17, 15) is 9.59 Å². The maximum Gasteiger partial charge on any atom is 0.323 e. The van der Waals surface area contributed by atoms with E-state index in [1.807, 2.05) is 0 Å². The number of hydrogen-bond donors (Lipinski definition) is 1. The van der Waals surface area contributed by atoms with Crippen LogP contribution >= 0.6 is 0 Å². The van der Waals surface area contributed by atoms with Gasteiger partial charge in [0.25, 0.3) is 0 Å². The van der Waals surface area contributed by atoms with E-state index in [2.05, 4.69) is 5.10 Å². The molecule has 0 saturated heterocycles. The van der Waals surface area contributed by atoms with Crippen LogP contribution in [0.3, 0.4) is 0 Å². The molecule has 0 fully saturated rings. The monoisotopic (exact) mass is 223 g/mol. The zero-order chi connectivity index (χ0) is 12.1. The van der Waals surface area contributed by atoms with Gasteiger partial charge in [0.15, 0.2) is 0 Å². The molecule has 0 bridgehead atoms. The molecular weight excluding hydrogens is 210 g/mol. The molecule has 6 nitrogen and oxygen atoms in total. The number of carbonyl (C=O) groups is 2. The molecule has 1 rings (SSSR count). The summed E-state index contributed by atoms with van der Waals surface area (Å²) < 4.78 is 1.61. The third-order valence-electron chi connectivity index (χ3n) is 2.00. The lowest BCUT2D eigenvalue weighted by Gasteiger charge is -2.11. The number of amides is 1. The van der Waals surface area contributed by atoms with Crippen LogP contribution in [0.15, 0.2) is 18.3 Å². The Morgan fingerprint density at radius 3 is 2.81 bits per heavy atom. The molecule has 0 unspecified atom stereocenters. The number of aliphatic carboxylic acids is 1. The average molecular weight is 223 g/mol. The van der Waals surface area contributed by atoms with Crippen LogP contribution in [0.5, 0.6) is 0 Å². The van der Waals surface area contributed by atoms with Crippen molar-refractivity contribution in [1.82, 2.24) is 14.7 Å². The van der Waals surface area contributed by atoms with E-state index in [-0.39, 0.29) is 12.5 Å². The van der Waals surface area contributed by atoms with Crippen LogP contribution in [0.4, 0.5) is 0 Å². The minimum Gasteiger partial charge on any atom is -0.480 e. The molecule has 1 amide bonds. The van der Waals surface area contributed by atoms with Gasteiger partial charge in [-0.25, -0.2) is 0 Å². The predicted octanol–water partition coefficient (Wildman–Crippen LogP) is -0.0237. The smallest absolute Gasteiger partial charge is 0.323 e. The van der Waals surface area contributed by atoms with Crippen molar-refractivity contribution >= 4 is 18.0 Å². The summed E-state index contributed by atoms with van der Waals surface area (Å²) in [7, 11) is 3.19. The van der Waals surface area contributed by atoms with Gasteiger partial charge in [0, 0.05) is 26.4 Å². The molecule has 1 heterocycles. The lowest BCUT2D eigenvalue weighted by molar-refractivity contribution is -0.141. The Hall–Kier alpha value is -2.11. The molecular formula is C10H13N3O3. The third kappa shape index (κ3) is 3.23. The predicted molar refractivity (Wildman–Crippen MR) is 57.5 cm³/mol. The standard InChI is InChI=1S/C10H13N3O3/c1-12(7-10(15)16)9(14)4-3-8-5-6-11-13(8)2/h3-6H,7H2,1-2H3,(H,15,16)/b4-3+. The molecule has 0 saturated carbocycles. The van der Waals surface area contributed by atoms with Gasteiger partial charge < -0.3 is 10.0 Å². The summed E-state index contributed by atoms with van der Waals surface area (Å²) in [6, 6.07) is 1.75. The highest BCUT2D eigenvalue weighted by atomic mass is 16.4. The normalized spacial score (nSPS) is 10.6. The molecule has 86 valence electrons. The fourth-order valence-corrected chi connectivity index (χ4v) is 1.11. The van der Waals surface area contributed by atoms with Crippen LogP contribution in [0.25, 0.3) is 6.08 Å². The van der Waals surface area contributed by atoms with Crippen LogP contribution in [0.1, 0.15) is 5.69 Å². The van der Waals surface area contributed by atoms with Crippen LogP contribution in [0.2, 0.25) is 0 Å². The third-order valence-corrected chi connectivity index (χ3v) is 2.00. The number of nitrogens with zero attached hydrogens (tertiary/aromatic N) is 3. The second-order valence-corrected chi connectivity index (χ2v) is 3.30. The molecule has 6 heteroatoms. The number of likely N-dealkylation sites (N-methyl/N-ethyl adjacent to an activating group) is 1. The molecule has 0 aliphatic carbocycles. The van der Waals surface area contributed by atoms with Crippen LogP contribution < -0.4 is 0 Å². The van der Waals surface area contributed by atoms with Crippen molar-refractivity contribution in [2.24, 2.45) is 7.05 Å². The molecule has 0 aliphatic rings. The summed E-state index contributed by atoms with van der Waals surface area (Å²) in [5.41, 5.74) is 0.775. The quantitative estimate of drug-likeness (QED) is 0.728. The zero-order valence-electron chi connectivity index (χ0n) is 9.12. The zero-order valence-corrected chi connectivity index (χ0v) is 9.12. The molecule has 1 aromatic rings. The van der Waals surface area contributed by atoms with E-state index in [0.717, 1.165) is 10.6 Å². The highest BCUT2D eigenvalue weighted by molar-refractivity contribution is 5.93. The lowest BCUT2D eigenvalue weighted by atomic mass is 10.3. The van der Waals surface area contributed by atoms with Gasteiger partial charge in [0.2, 0.25) is 5.91 Å². The van der Waals surface area contributed by atoms with Gasteiger partial charge in [-0.05, 0) is 12.1 Å². The van der Waals surface area contributed by atoms with E-state index in [0.29, 0.717) is 0 Å². The molecule has 1 N–H and O–H groups in total. The Labute approximate surface area is 92.8 Å². The number of hydrogen-bond acceptors (Lipinski definition) is 3. The summed E-state index contributed by atoms with van der Waals surface area (Å²) in [5.74, 6) is -1.40. The number of carboxylic acids is 1. The summed E-state index contributed by atoms with van der Waals surface area (Å²) in [6.45, 7) is -0.311. The van der Waals surface area contributed by atoms with E-state index in [4.69, 9.17) is 5.11 Å². The second kappa shape index (κ2) is 5.11. The first-order chi connectivity index (χ1) is 7.50.